The summed E-state index contributed by atoms with van der Waals surface area (Å²) in [6.45, 7) is 5.50. The Balaban J connectivity index is 2.13. The first-order valence-electron chi connectivity index (χ1n) is 6.32. The van der Waals surface area contributed by atoms with Gasteiger partial charge < -0.3 is 20.3 Å². The monoisotopic (exact) mass is 253 g/mol. The van der Waals surface area contributed by atoms with Crippen molar-refractivity contribution in [2.45, 2.75) is 26.4 Å². The zero-order chi connectivity index (χ0) is 13.4. The van der Waals surface area contributed by atoms with Gasteiger partial charge in [0.1, 0.15) is 18.5 Å². The van der Waals surface area contributed by atoms with Crippen molar-refractivity contribution in [3.8, 4) is 5.75 Å². The summed E-state index contributed by atoms with van der Waals surface area (Å²) in [4.78, 5) is 0. The summed E-state index contributed by atoms with van der Waals surface area (Å²) >= 11 is 0. The molecule has 102 valence electrons. The number of benzene rings is 1. The van der Waals surface area contributed by atoms with E-state index in [1.54, 1.807) is 24.3 Å². The molecule has 0 spiro atoms. The fraction of sp³-hybridized carbons (Fsp3) is 0.571. The number of nitrogen functional groups attached to an aromatic ring is 1. The van der Waals surface area contributed by atoms with Gasteiger partial charge in [-0.1, -0.05) is 13.8 Å². The van der Waals surface area contributed by atoms with Crippen molar-refractivity contribution in [2.75, 3.05) is 25.6 Å². The van der Waals surface area contributed by atoms with Crippen LogP contribution in [0.3, 0.4) is 0 Å². The fourth-order valence-corrected chi connectivity index (χ4v) is 1.34. The Kier molecular flexibility index (Phi) is 6.54. The van der Waals surface area contributed by atoms with Gasteiger partial charge >= 0.3 is 0 Å². The third-order valence-electron chi connectivity index (χ3n) is 2.47. The van der Waals surface area contributed by atoms with Crippen molar-refractivity contribution < 1.29 is 14.6 Å². The molecular formula is C14H23NO3. The van der Waals surface area contributed by atoms with E-state index in [4.69, 9.17) is 15.2 Å². The van der Waals surface area contributed by atoms with Gasteiger partial charge in [0.2, 0.25) is 0 Å². The minimum absolute atomic E-state index is 0.228. The predicted octanol–water partition coefficient (Wildman–Crippen LogP) is 2.07. The van der Waals surface area contributed by atoms with E-state index in [1.807, 2.05) is 0 Å². The van der Waals surface area contributed by atoms with Crippen molar-refractivity contribution >= 4 is 5.69 Å². The van der Waals surface area contributed by atoms with Gasteiger partial charge in [-0.25, -0.2) is 0 Å². The zero-order valence-corrected chi connectivity index (χ0v) is 11.1. The molecule has 0 radical (unpaired) electrons. The van der Waals surface area contributed by atoms with Crippen molar-refractivity contribution in [3.63, 3.8) is 0 Å². The molecule has 0 amide bonds. The highest BCUT2D eigenvalue weighted by Gasteiger charge is 2.05. The van der Waals surface area contributed by atoms with Crippen LogP contribution < -0.4 is 10.5 Å². The minimum Gasteiger partial charge on any atom is -0.491 e. The molecule has 0 fully saturated rings. The van der Waals surface area contributed by atoms with Crippen LogP contribution in [0.1, 0.15) is 20.3 Å². The van der Waals surface area contributed by atoms with E-state index < -0.39 is 6.10 Å². The highest BCUT2D eigenvalue weighted by molar-refractivity contribution is 5.41. The zero-order valence-electron chi connectivity index (χ0n) is 11.1. The molecule has 1 aromatic carbocycles. The second-order valence-electron chi connectivity index (χ2n) is 4.79. The van der Waals surface area contributed by atoms with Gasteiger partial charge in [0.05, 0.1) is 6.61 Å². The summed E-state index contributed by atoms with van der Waals surface area (Å²) in [5.41, 5.74) is 6.26. The summed E-state index contributed by atoms with van der Waals surface area (Å²) in [6, 6.07) is 7.09. The van der Waals surface area contributed by atoms with E-state index in [-0.39, 0.29) is 6.61 Å². The first kappa shape index (κ1) is 14.8. The van der Waals surface area contributed by atoms with E-state index in [2.05, 4.69) is 13.8 Å². The Morgan fingerprint density at radius 1 is 1.17 bits per heavy atom. The molecule has 18 heavy (non-hydrogen) atoms. The average molecular weight is 253 g/mol. The predicted molar refractivity (Wildman–Crippen MR) is 72.6 cm³/mol. The molecule has 0 saturated carbocycles. The van der Waals surface area contributed by atoms with Gasteiger partial charge in [-0.2, -0.15) is 0 Å². The normalized spacial score (nSPS) is 12.7. The first-order valence-corrected chi connectivity index (χ1v) is 6.32. The number of hydrogen-bond donors (Lipinski definition) is 2. The molecule has 1 aromatic rings. The third kappa shape index (κ3) is 6.47. The van der Waals surface area contributed by atoms with Gasteiger partial charge in [-0.05, 0) is 36.6 Å². The molecule has 0 aliphatic rings. The molecule has 1 atom stereocenters. The largest absolute Gasteiger partial charge is 0.491 e. The lowest BCUT2D eigenvalue weighted by Gasteiger charge is -2.13. The van der Waals surface area contributed by atoms with Crippen LogP contribution in [-0.4, -0.2) is 31.0 Å². The number of rotatable bonds is 8. The summed E-state index contributed by atoms with van der Waals surface area (Å²) in [6.07, 6.45) is 0.403. The maximum Gasteiger partial charge on any atom is 0.119 e. The average Bonchev–Trinajstić information content (AvgIpc) is 2.34. The molecule has 4 nitrogen and oxygen atoms in total. The Labute approximate surface area is 109 Å². The van der Waals surface area contributed by atoms with Crippen LogP contribution in [-0.2, 0) is 4.74 Å². The van der Waals surface area contributed by atoms with Gasteiger partial charge in [0.25, 0.3) is 0 Å². The Hall–Kier alpha value is -1.26. The summed E-state index contributed by atoms with van der Waals surface area (Å²) in [5, 5.41) is 9.66. The highest BCUT2D eigenvalue weighted by atomic mass is 16.5. The number of anilines is 1. The topological polar surface area (TPSA) is 64.7 Å². The van der Waals surface area contributed by atoms with Crippen molar-refractivity contribution in [1.29, 1.82) is 0 Å². The van der Waals surface area contributed by atoms with E-state index in [0.29, 0.717) is 30.6 Å². The summed E-state index contributed by atoms with van der Waals surface area (Å²) < 4.78 is 10.8. The van der Waals surface area contributed by atoms with Crippen LogP contribution in [0, 0.1) is 5.92 Å². The fourth-order valence-electron chi connectivity index (χ4n) is 1.34. The molecular weight excluding hydrogens is 230 g/mol. The van der Waals surface area contributed by atoms with Gasteiger partial charge in [0.15, 0.2) is 0 Å². The smallest absolute Gasteiger partial charge is 0.119 e. The second-order valence-corrected chi connectivity index (χ2v) is 4.79. The molecule has 0 aliphatic carbocycles. The SMILES string of the molecule is CC(C)CCOCC(O)COc1ccc(N)cc1. The number of nitrogens with two attached hydrogens (primary N) is 1. The Morgan fingerprint density at radius 2 is 1.83 bits per heavy atom. The molecule has 1 unspecified atom stereocenters. The van der Waals surface area contributed by atoms with Crippen LogP contribution in [0.2, 0.25) is 0 Å². The third-order valence-corrected chi connectivity index (χ3v) is 2.47. The van der Waals surface area contributed by atoms with Crippen molar-refractivity contribution in [1.82, 2.24) is 0 Å². The molecule has 4 heteroatoms. The maximum absolute atomic E-state index is 9.66. The van der Waals surface area contributed by atoms with E-state index in [1.165, 1.54) is 0 Å². The first-order chi connectivity index (χ1) is 8.58. The molecule has 0 aliphatic heterocycles. The van der Waals surface area contributed by atoms with Crippen LogP contribution >= 0.6 is 0 Å². The molecule has 3 N–H and O–H groups in total. The standard InChI is InChI=1S/C14H23NO3/c1-11(2)7-8-17-9-13(16)10-18-14-5-3-12(15)4-6-14/h3-6,11,13,16H,7-10,15H2,1-2H3. The quantitative estimate of drug-likeness (QED) is 0.550. The number of aliphatic hydroxyl groups excluding tert-OH is 1. The van der Waals surface area contributed by atoms with E-state index >= 15 is 0 Å². The second kappa shape index (κ2) is 7.95. The van der Waals surface area contributed by atoms with Crippen LogP contribution in [0.4, 0.5) is 5.69 Å². The van der Waals surface area contributed by atoms with Gasteiger partial charge in [-0.3, -0.25) is 0 Å². The number of hydrogen-bond acceptors (Lipinski definition) is 4. The Bertz CT molecular complexity index is 324. The lowest BCUT2D eigenvalue weighted by molar-refractivity contribution is 0.00917. The van der Waals surface area contributed by atoms with Crippen molar-refractivity contribution in [3.05, 3.63) is 24.3 Å². The molecule has 0 heterocycles. The Morgan fingerprint density at radius 3 is 2.44 bits per heavy atom. The van der Waals surface area contributed by atoms with E-state index in [9.17, 15) is 5.11 Å². The lowest BCUT2D eigenvalue weighted by Crippen LogP contribution is -2.23. The highest BCUT2D eigenvalue weighted by Crippen LogP contribution is 2.13. The molecule has 0 aromatic heterocycles. The molecule has 0 bridgehead atoms. The van der Waals surface area contributed by atoms with Crippen molar-refractivity contribution in [2.24, 2.45) is 5.92 Å². The number of aliphatic hydroxyl groups is 1. The van der Waals surface area contributed by atoms with Gasteiger partial charge in [0, 0.05) is 12.3 Å². The number of ether oxygens (including phenoxy) is 2. The van der Waals surface area contributed by atoms with Crippen LogP contribution in [0.25, 0.3) is 0 Å². The maximum atomic E-state index is 9.66. The van der Waals surface area contributed by atoms with Gasteiger partial charge in [-0.15, -0.1) is 0 Å². The summed E-state index contributed by atoms with van der Waals surface area (Å²) in [5.74, 6) is 1.32. The summed E-state index contributed by atoms with van der Waals surface area (Å²) in [7, 11) is 0. The lowest BCUT2D eigenvalue weighted by atomic mass is 10.1. The molecule has 1 rings (SSSR count). The minimum atomic E-state index is -0.602. The van der Waals surface area contributed by atoms with Crippen LogP contribution in [0.15, 0.2) is 24.3 Å². The molecule has 0 saturated heterocycles. The van der Waals surface area contributed by atoms with E-state index in [0.717, 1.165) is 6.42 Å². The van der Waals surface area contributed by atoms with Crippen LogP contribution in [0.5, 0.6) is 5.75 Å².